The van der Waals surface area contributed by atoms with Gasteiger partial charge in [-0.05, 0) is 24.6 Å². The lowest BCUT2D eigenvalue weighted by molar-refractivity contribution is -0.138. The summed E-state index contributed by atoms with van der Waals surface area (Å²) in [6, 6.07) is 3.42. The molecule has 2 rings (SSSR count). The van der Waals surface area contributed by atoms with Crippen LogP contribution in [0.15, 0.2) is 18.2 Å². The smallest absolute Gasteiger partial charge is 0.416 e. The number of hydrogen-bond acceptors (Lipinski definition) is 2. The number of imidazole rings is 1. The van der Waals surface area contributed by atoms with E-state index in [1.807, 2.05) is 6.92 Å². The number of carboxylic acid groups (broad SMARTS) is 1. The van der Waals surface area contributed by atoms with Crippen molar-refractivity contribution < 1.29 is 23.1 Å². The molecule has 21 heavy (non-hydrogen) atoms. The Morgan fingerprint density at radius 2 is 2.10 bits per heavy atom. The van der Waals surface area contributed by atoms with Gasteiger partial charge in [-0.3, -0.25) is 4.79 Å². The van der Waals surface area contributed by atoms with Gasteiger partial charge < -0.3 is 9.67 Å². The highest BCUT2D eigenvalue weighted by Gasteiger charge is 2.31. The molecule has 0 spiro atoms. The van der Waals surface area contributed by atoms with Crippen LogP contribution in [0.3, 0.4) is 0 Å². The number of halogens is 3. The molecular formula is C14H15F3N2O2. The van der Waals surface area contributed by atoms with Crippen molar-refractivity contribution in [3.8, 4) is 0 Å². The Morgan fingerprint density at radius 3 is 2.67 bits per heavy atom. The van der Waals surface area contributed by atoms with Gasteiger partial charge >= 0.3 is 12.1 Å². The molecule has 0 saturated heterocycles. The first kappa shape index (κ1) is 15.3. The normalized spacial score (nSPS) is 12.0. The molecular weight excluding hydrogens is 285 g/mol. The third-order valence-corrected chi connectivity index (χ3v) is 3.16. The monoisotopic (exact) mass is 300 g/mol. The molecule has 0 saturated carbocycles. The van der Waals surface area contributed by atoms with Crippen LogP contribution in [-0.2, 0) is 23.9 Å². The highest BCUT2D eigenvalue weighted by atomic mass is 19.4. The van der Waals surface area contributed by atoms with E-state index in [1.54, 1.807) is 4.57 Å². The van der Waals surface area contributed by atoms with E-state index >= 15 is 0 Å². The number of nitrogens with zero attached hydrogens (tertiary/aromatic N) is 2. The molecule has 114 valence electrons. The van der Waals surface area contributed by atoms with Crippen molar-refractivity contribution in [2.45, 2.75) is 38.9 Å². The summed E-state index contributed by atoms with van der Waals surface area (Å²) >= 11 is 0. The van der Waals surface area contributed by atoms with Gasteiger partial charge in [-0.1, -0.05) is 6.92 Å². The minimum Gasteiger partial charge on any atom is -0.481 e. The van der Waals surface area contributed by atoms with Gasteiger partial charge in [-0.2, -0.15) is 13.2 Å². The molecule has 4 nitrogen and oxygen atoms in total. The molecule has 0 aliphatic carbocycles. The van der Waals surface area contributed by atoms with Gasteiger partial charge in [0.25, 0.3) is 0 Å². The van der Waals surface area contributed by atoms with E-state index < -0.39 is 17.7 Å². The lowest BCUT2D eigenvalue weighted by Gasteiger charge is -2.08. The SMILES string of the molecule is CCCn1c(CCC(=O)O)nc2cc(C(F)(F)F)ccc21. The molecule has 2 aromatic rings. The largest absolute Gasteiger partial charge is 0.481 e. The Bertz CT molecular complexity index is 662. The van der Waals surface area contributed by atoms with E-state index in [1.165, 1.54) is 6.07 Å². The summed E-state index contributed by atoms with van der Waals surface area (Å²) in [6.45, 7) is 2.54. The van der Waals surface area contributed by atoms with Gasteiger partial charge in [0.1, 0.15) is 5.82 Å². The fourth-order valence-electron chi connectivity index (χ4n) is 2.24. The molecule has 7 heteroatoms. The first-order valence-corrected chi connectivity index (χ1v) is 6.61. The Kier molecular flexibility index (Phi) is 4.20. The van der Waals surface area contributed by atoms with E-state index in [0.29, 0.717) is 17.9 Å². The van der Waals surface area contributed by atoms with Crippen molar-refractivity contribution in [1.29, 1.82) is 0 Å². The maximum atomic E-state index is 12.7. The van der Waals surface area contributed by atoms with Gasteiger partial charge in [0.05, 0.1) is 23.0 Å². The standard InChI is InChI=1S/C14H15F3N2O2/c1-2-7-19-11-4-3-9(14(15,16)17)8-10(11)18-12(19)5-6-13(20)21/h3-4,8H,2,5-7H2,1H3,(H,20,21). The zero-order valence-electron chi connectivity index (χ0n) is 11.4. The summed E-state index contributed by atoms with van der Waals surface area (Å²) in [5.41, 5.74) is 0.102. The third kappa shape index (κ3) is 3.34. The van der Waals surface area contributed by atoms with Crippen molar-refractivity contribution in [1.82, 2.24) is 9.55 Å². The molecule has 0 bridgehead atoms. The maximum absolute atomic E-state index is 12.7. The van der Waals surface area contributed by atoms with Crippen molar-refractivity contribution in [3.05, 3.63) is 29.6 Å². The van der Waals surface area contributed by atoms with Crippen LogP contribution in [0, 0.1) is 0 Å². The Hall–Kier alpha value is -2.05. The van der Waals surface area contributed by atoms with Gasteiger partial charge in [0.2, 0.25) is 0 Å². The van der Waals surface area contributed by atoms with E-state index in [-0.39, 0.29) is 18.4 Å². The van der Waals surface area contributed by atoms with E-state index in [2.05, 4.69) is 4.98 Å². The van der Waals surface area contributed by atoms with Crippen molar-refractivity contribution in [3.63, 3.8) is 0 Å². The predicted octanol–water partition coefficient (Wildman–Crippen LogP) is 3.48. The number of aromatic nitrogens is 2. The second kappa shape index (κ2) is 5.75. The molecule has 0 atom stereocenters. The Morgan fingerprint density at radius 1 is 1.38 bits per heavy atom. The van der Waals surface area contributed by atoms with Crippen LogP contribution in [0.25, 0.3) is 11.0 Å². The highest BCUT2D eigenvalue weighted by Crippen LogP contribution is 2.31. The molecule has 0 fully saturated rings. The number of aryl methyl sites for hydroxylation is 2. The summed E-state index contributed by atoms with van der Waals surface area (Å²) < 4.78 is 39.9. The van der Waals surface area contributed by atoms with Crippen LogP contribution in [0.4, 0.5) is 13.2 Å². The second-order valence-corrected chi connectivity index (χ2v) is 4.77. The second-order valence-electron chi connectivity index (χ2n) is 4.77. The number of rotatable bonds is 5. The number of carboxylic acids is 1. The fraction of sp³-hybridized carbons (Fsp3) is 0.429. The van der Waals surface area contributed by atoms with Crippen molar-refractivity contribution in [2.75, 3.05) is 0 Å². The molecule has 1 aromatic carbocycles. The first-order chi connectivity index (χ1) is 9.82. The number of alkyl halides is 3. The first-order valence-electron chi connectivity index (χ1n) is 6.61. The van der Waals surface area contributed by atoms with Gasteiger partial charge in [-0.15, -0.1) is 0 Å². The zero-order chi connectivity index (χ0) is 15.6. The minimum atomic E-state index is -4.41. The molecule has 0 radical (unpaired) electrons. The summed E-state index contributed by atoms with van der Waals surface area (Å²) in [4.78, 5) is 14.8. The Balaban J connectivity index is 2.47. The van der Waals surface area contributed by atoms with E-state index in [4.69, 9.17) is 5.11 Å². The molecule has 0 aliphatic rings. The van der Waals surface area contributed by atoms with Crippen LogP contribution in [-0.4, -0.2) is 20.6 Å². The summed E-state index contributed by atoms with van der Waals surface area (Å²) in [6.07, 6.45) is -3.53. The molecule has 0 amide bonds. The van der Waals surface area contributed by atoms with Gasteiger partial charge in [0.15, 0.2) is 0 Å². The van der Waals surface area contributed by atoms with Crippen LogP contribution in [0.5, 0.6) is 0 Å². The molecule has 0 unspecified atom stereocenters. The van der Waals surface area contributed by atoms with Crippen molar-refractivity contribution in [2.24, 2.45) is 0 Å². The lowest BCUT2D eigenvalue weighted by Crippen LogP contribution is -2.06. The number of fused-ring (bicyclic) bond motifs is 1. The Labute approximate surface area is 119 Å². The number of aliphatic carboxylic acids is 1. The van der Waals surface area contributed by atoms with Crippen LogP contribution < -0.4 is 0 Å². The van der Waals surface area contributed by atoms with Crippen molar-refractivity contribution >= 4 is 17.0 Å². The molecule has 1 N–H and O–H groups in total. The van der Waals surface area contributed by atoms with E-state index in [0.717, 1.165) is 18.6 Å². The average molecular weight is 300 g/mol. The van der Waals surface area contributed by atoms with E-state index in [9.17, 15) is 18.0 Å². The molecule has 0 aliphatic heterocycles. The maximum Gasteiger partial charge on any atom is 0.416 e. The van der Waals surface area contributed by atoms with Gasteiger partial charge in [0, 0.05) is 13.0 Å². The van der Waals surface area contributed by atoms with Crippen LogP contribution in [0.1, 0.15) is 31.2 Å². The van der Waals surface area contributed by atoms with Gasteiger partial charge in [-0.25, -0.2) is 4.98 Å². The summed E-state index contributed by atoms with van der Waals surface area (Å²) in [5, 5.41) is 8.74. The highest BCUT2D eigenvalue weighted by molar-refractivity contribution is 5.77. The molecule has 1 heterocycles. The topological polar surface area (TPSA) is 55.1 Å². The van der Waals surface area contributed by atoms with Crippen LogP contribution >= 0.6 is 0 Å². The number of hydrogen-bond donors (Lipinski definition) is 1. The molecule has 1 aromatic heterocycles. The predicted molar refractivity (Wildman–Crippen MR) is 71.0 cm³/mol. The quantitative estimate of drug-likeness (QED) is 0.919. The lowest BCUT2D eigenvalue weighted by atomic mass is 10.2. The summed E-state index contributed by atoms with van der Waals surface area (Å²) in [5.74, 6) is -0.449. The number of benzene rings is 1. The fourth-order valence-corrected chi connectivity index (χ4v) is 2.24. The minimum absolute atomic E-state index is 0.0981. The third-order valence-electron chi connectivity index (χ3n) is 3.16. The van der Waals surface area contributed by atoms with Crippen LogP contribution in [0.2, 0.25) is 0 Å². The number of carbonyl (C=O) groups is 1. The summed E-state index contributed by atoms with van der Waals surface area (Å²) in [7, 11) is 0. The zero-order valence-corrected chi connectivity index (χ0v) is 11.4. The average Bonchev–Trinajstić information content (AvgIpc) is 2.73.